The summed E-state index contributed by atoms with van der Waals surface area (Å²) in [6, 6.07) is 14.6. The molecule has 2 aromatic heterocycles. The molecule has 0 N–H and O–H groups in total. The van der Waals surface area contributed by atoms with E-state index in [2.05, 4.69) is 53.2 Å². The first-order valence-electron chi connectivity index (χ1n) is 7.10. The molecule has 3 aromatic rings. The van der Waals surface area contributed by atoms with Gasteiger partial charge in [-0.05, 0) is 44.8 Å². The van der Waals surface area contributed by atoms with Gasteiger partial charge in [-0.25, -0.2) is 0 Å². The molecule has 2 heterocycles. The Morgan fingerprint density at radius 2 is 1.86 bits per heavy atom. The molecule has 0 aliphatic carbocycles. The van der Waals surface area contributed by atoms with Gasteiger partial charge >= 0.3 is 0 Å². The van der Waals surface area contributed by atoms with E-state index in [0.717, 1.165) is 34.4 Å². The van der Waals surface area contributed by atoms with Crippen LogP contribution in [0, 0.1) is 6.92 Å². The Kier molecular flexibility index (Phi) is 3.67. The Hall–Kier alpha value is -2.26. The predicted octanol–water partition coefficient (Wildman–Crippen LogP) is 3.67. The number of nitrogens with zero attached hydrogens (tertiary/aromatic N) is 3. The maximum Gasteiger partial charge on any atom is 0.0711 e. The van der Waals surface area contributed by atoms with Crippen molar-refractivity contribution in [1.82, 2.24) is 14.9 Å². The Morgan fingerprint density at radius 1 is 1.00 bits per heavy atom. The highest BCUT2D eigenvalue weighted by atomic mass is 15.0. The molecule has 21 heavy (non-hydrogen) atoms. The summed E-state index contributed by atoms with van der Waals surface area (Å²) in [5.74, 6) is 0. The third kappa shape index (κ3) is 2.93. The quantitative estimate of drug-likeness (QED) is 0.731. The average molecular weight is 277 g/mol. The largest absolute Gasteiger partial charge is 0.305 e. The molecule has 3 heteroatoms. The van der Waals surface area contributed by atoms with Crippen LogP contribution in [0.5, 0.6) is 0 Å². The summed E-state index contributed by atoms with van der Waals surface area (Å²) in [5.41, 5.74) is 5.41. The van der Waals surface area contributed by atoms with E-state index in [9.17, 15) is 0 Å². The van der Waals surface area contributed by atoms with Crippen molar-refractivity contribution in [1.29, 1.82) is 0 Å². The number of benzene rings is 1. The van der Waals surface area contributed by atoms with Crippen molar-refractivity contribution in [2.45, 2.75) is 13.5 Å². The van der Waals surface area contributed by atoms with Crippen LogP contribution in [0.15, 0.2) is 48.7 Å². The highest BCUT2D eigenvalue weighted by molar-refractivity contribution is 5.93. The first-order chi connectivity index (χ1) is 10.1. The zero-order valence-corrected chi connectivity index (χ0v) is 12.7. The molecule has 0 saturated carbocycles. The smallest absolute Gasteiger partial charge is 0.0711 e. The molecule has 0 bridgehead atoms. The van der Waals surface area contributed by atoms with Gasteiger partial charge in [0.2, 0.25) is 0 Å². The maximum atomic E-state index is 4.62. The van der Waals surface area contributed by atoms with E-state index in [4.69, 9.17) is 0 Å². The van der Waals surface area contributed by atoms with Gasteiger partial charge in [-0.1, -0.05) is 24.3 Å². The molecule has 0 unspecified atom stereocenters. The van der Waals surface area contributed by atoms with Crippen molar-refractivity contribution in [2.75, 3.05) is 14.1 Å². The van der Waals surface area contributed by atoms with E-state index in [1.165, 1.54) is 5.56 Å². The molecular formula is C18H19N3. The summed E-state index contributed by atoms with van der Waals surface area (Å²) in [5, 5.41) is 1.15. The monoisotopic (exact) mass is 277 g/mol. The van der Waals surface area contributed by atoms with Gasteiger partial charge < -0.3 is 4.90 Å². The minimum atomic E-state index is 0.906. The van der Waals surface area contributed by atoms with E-state index in [1.54, 1.807) is 0 Å². The number of aromatic nitrogens is 2. The standard InChI is InChI=1S/C18H19N3/c1-13-7-9-16-15(5-4-6-18(16)20-13)17-10-8-14(11-19-17)12-21(2)3/h4-11H,12H2,1-3H3. The van der Waals surface area contributed by atoms with E-state index >= 15 is 0 Å². The van der Waals surface area contributed by atoms with Gasteiger partial charge in [0.1, 0.15) is 0 Å². The van der Waals surface area contributed by atoms with Crippen molar-refractivity contribution >= 4 is 10.9 Å². The van der Waals surface area contributed by atoms with Crippen LogP contribution in [0.25, 0.3) is 22.2 Å². The number of hydrogen-bond acceptors (Lipinski definition) is 3. The lowest BCUT2D eigenvalue weighted by Gasteiger charge is -2.10. The highest BCUT2D eigenvalue weighted by Gasteiger charge is 2.06. The maximum absolute atomic E-state index is 4.62. The van der Waals surface area contributed by atoms with Gasteiger partial charge in [-0.3, -0.25) is 9.97 Å². The van der Waals surface area contributed by atoms with Gasteiger partial charge in [-0.2, -0.15) is 0 Å². The van der Waals surface area contributed by atoms with Crippen molar-refractivity contribution in [3.63, 3.8) is 0 Å². The minimum absolute atomic E-state index is 0.906. The lowest BCUT2D eigenvalue weighted by Crippen LogP contribution is -2.10. The van der Waals surface area contributed by atoms with Gasteiger partial charge in [0, 0.05) is 29.4 Å². The Labute approximate surface area is 125 Å². The van der Waals surface area contributed by atoms with E-state index < -0.39 is 0 Å². The van der Waals surface area contributed by atoms with Crippen molar-refractivity contribution in [2.24, 2.45) is 0 Å². The predicted molar refractivity (Wildman–Crippen MR) is 87.1 cm³/mol. The molecule has 106 valence electrons. The van der Waals surface area contributed by atoms with Crippen LogP contribution in [0.2, 0.25) is 0 Å². The van der Waals surface area contributed by atoms with Crippen molar-refractivity contribution in [3.05, 3.63) is 59.9 Å². The van der Waals surface area contributed by atoms with Gasteiger partial charge in [0.05, 0.1) is 11.2 Å². The third-order valence-electron chi connectivity index (χ3n) is 3.47. The molecule has 0 fully saturated rings. The fraction of sp³-hybridized carbons (Fsp3) is 0.222. The van der Waals surface area contributed by atoms with Gasteiger partial charge in [0.25, 0.3) is 0 Å². The first-order valence-corrected chi connectivity index (χ1v) is 7.10. The second-order valence-electron chi connectivity index (χ2n) is 5.61. The summed E-state index contributed by atoms with van der Waals surface area (Å²) in [6.45, 7) is 2.92. The lowest BCUT2D eigenvalue weighted by molar-refractivity contribution is 0.402. The Bertz CT molecular complexity index is 761. The first kappa shape index (κ1) is 13.7. The molecule has 0 aliphatic rings. The fourth-order valence-corrected chi connectivity index (χ4v) is 2.52. The van der Waals surface area contributed by atoms with E-state index in [-0.39, 0.29) is 0 Å². The lowest BCUT2D eigenvalue weighted by atomic mass is 10.0. The molecule has 3 nitrogen and oxygen atoms in total. The molecule has 0 aliphatic heterocycles. The van der Waals surface area contributed by atoms with Crippen LogP contribution in [0.1, 0.15) is 11.3 Å². The topological polar surface area (TPSA) is 29.0 Å². The molecule has 0 amide bonds. The number of aryl methyl sites for hydroxylation is 1. The van der Waals surface area contributed by atoms with Gasteiger partial charge in [-0.15, -0.1) is 0 Å². The zero-order chi connectivity index (χ0) is 14.8. The summed E-state index contributed by atoms with van der Waals surface area (Å²) < 4.78 is 0. The molecular weight excluding hydrogens is 258 g/mol. The van der Waals surface area contributed by atoms with E-state index in [1.807, 2.05) is 31.3 Å². The van der Waals surface area contributed by atoms with Crippen LogP contribution in [0.4, 0.5) is 0 Å². The summed E-state index contributed by atoms with van der Waals surface area (Å²) in [7, 11) is 4.12. The van der Waals surface area contributed by atoms with E-state index in [0.29, 0.717) is 0 Å². The number of rotatable bonds is 3. The summed E-state index contributed by atoms with van der Waals surface area (Å²) in [6.07, 6.45) is 1.95. The number of hydrogen-bond donors (Lipinski definition) is 0. The van der Waals surface area contributed by atoms with Crippen LogP contribution < -0.4 is 0 Å². The Morgan fingerprint density at radius 3 is 2.57 bits per heavy atom. The van der Waals surface area contributed by atoms with Crippen molar-refractivity contribution in [3.8, 4) is 11.3 Å². The second-order valence-corrected chi connectivity index (χ2v) is 5.61. The molecule has 0 atom stereocenters. The zero-order valence-electron chi connectivity index (χ0n) is 12.7. The normalized spacial score (nSPS) is 11.2. The fourth-order valence-electron chi connectivity index (χ4n) is 2.52. The molecule has 0 spiro atoms. The SMILES string of the molecule is Cc1ccc2c(-c3ccc(CN(C)C)cn3)cccc2n1. The number of pyridine rings is 2. The summed E-state index contributed by atoms with van der Waals surface area (Å²) in [4.78, 5) is 11.3. The molecule has 3 rings (SSSR count). The third-order valence-corrected chi connectivity index (χ3v) is 3.47. The molecule has 0 saturated heterocycles. The van der Waals surface area contributed by atoms with Crippen LogP contribution in [-0.2, 0) is 6.54 Å². The molecule has 0 radical (unpaired) electrons. The van der Waals surface area contributed by atoms with Crippen molar-refractivity contribution < 1.29 is 0 Å². The molecule has 1 aromatic carbocycles. The van der Waals surface area contributed by atoms with Gasteiger partial charge in [0.15, 0.2) is 0 Å². The van der Waals surface area contributed by atoms with Crippen LogP contribution in [-0.4, -0.2) is 29.0 Å². The van der Waals surface area contributed by atoms with Crippen LogP contribution in [0.3, 0.4) is 0 Å². The minimum Gasteiger partial charge on any atom is -0.305 e. The number of fused-ring (bicyclic) bond motifs is 1. The Balaban J connectivity index is 2.04. The second kappa shape index (κ2) is 5.62. The van der Waals surface area contributed by atoms with Crippen LogP contribution >= 0.6 is 0 Å². The average Bonchev–Trinajstić information content (AvgIpc) is 2.46. The summed E-state index contributed by atoms with van der Waals surface area (Å²) >= 11 is 0. The highest BCUT2D eigenvalue weighted by Crippen LogP contribution is 2.26.